The summed E-state index contributed by atoms with van der Waals surface area (Å²) < 4.78 is 2.29. The minimum Gasteiger partial charge on any atom is -0.338 e. The SMILES string of the molecule is O=C(c1ccc[nH]c1=O)N1CCC(c2nccn2CC2CC2)CC1. The van der Waals surface area contributed by atoms with Crippen molar-refractivity contribution in [2.45, 2.75) is 38.1 Å². The Bertz CT molecular complexity index is 782. The Morgan fingerprint density at radius 3 is 2.75 bits per heavy atom. The molecule has 24 heavy (non-hydrogen) atoms. The Morgan fingerprint density at radius 2 is 2.04 bits per heavy atom. The third-order valence-electron chi connectivity index (χ3n) is 5.10. The summed E-state index contributed by atoms with van der Waals surface area (Å²) in [4.78, 5) is 33.2. The highest BCUT2D eigenvalue weighted by Crippen LogP contribution is 2.33. The van der Waals surface area contributed by atoms with Gasteiger partial charge >= 0.3 is 0 Å². The number of carbonyl (C=O) groups is 1. The number of H-pyrrole nitrogens is 1. The molecule has 2 fully saturated rings. The lowest BCUT2D eigenvalue weighted by Crippen LogP contribution is -2.40. The normalized spacial score (nSPS) is 18.8. The van der Waals surface area contributed by atoms with E-state index in [0.717, 1.165) is 31.1 Å². The second kappa shape index (κ2) is 6.26. The standard InChI is InChI=1S/C18H22N4O2/c23-17-15(2-1-7-20-17)18(24)21-9-5-14(6-10-21)16-19-8-11-22(16)12-13-3-4-13/h1-2,7-8,11,13-14H,3-6,9-10,12H2,(H,20,23). The number of aromatic nitrogens is 3. The molecule has 2 aromatic heterocycles. The van der Waals surface area contributed by atoms with E-state index in [1.807, 2.05) is 6.20 Å². The van der Waals surface area contributed by atoms with E-state index in [1.165, 1.54) is 12.8 Å². The van der Waals surface area contributed by atoms with Gasteiger partial charge in [-0.25, -0.2) is 4.98 Å². The van der Waals surface area contributed by atoms with Gasteiger partial charge in [-0.1, -0.05) is 0 Å². The minimum absolute atomic E-state index is 0.170. The number of nitrogens with zero attached hydrogens (tertiary/aromatic N) is 3. The number of aromatic amines is 1. The molecule has 1 saturated heterocycles. The summed E-state index contributed by atoms with van der Waals surface area (Å²) in [6.45, 7) is 2.43. The highest BCUT2D eigenvalue weighted by Gasteiger charge is 2.29. The lowest BCUT2D eigenvalue weighted by atomic mass is 9.95. The van der Waals surface area contributed by atoms with Crippen LogP contribution < -0.4 is 5.56 Å². The second-order valence-electron chi connectivity index (χ2n) is 6.86. The Labute approximate surface area is 140 Å². The maximum atomic E-state index is 12.5. The Kier molecular flexibility index (Phi) is 3.96. The number of nitrogens with one attached hydrogen (secondary N) is 1. The fourth-order valence-corrected chi connectivity index (χ4v) is 3.51. The third-order valence-corrected chi connectivity index (χ3v) is 5.10. The van der Waals surface area contributed by atoms with Crippen molar-refractivity contribution < 1.29 is 4.79 Å². The van der Waals surface area contributed by atoms with Crippen molar-refractivity contribution in [2.24, 2.45) is 5.92 Å². The molecule has 0 unspecified atom stereocenters. The third kappa shape index (κ3) is 3.00. The van der Waals surface area contributed by atoms with Crippen molar-refractivity contribution in [3.05, 3.63) is 52.5 Å². The zero-order chi connectivity index (χ0) is 16.5. The molecule has 2 aromatic rings. The van der Waals surface area contributed by atoms with Crippen LogP contribution in [0.3, 0.4) is 0 Å². The molecular weight excluding hydrogens is 304 g/mol. The maximum absolute atomic E-state index is 12.5. The molecule has 0 spiro atoms. The van der Waals surface area contributed by atoms with Crippen molar-refractivity contribution in [1.29, 1.82) is 0 Å². The van der Waals surface area contributed by atoms with Gasteiger partial charge in [0.25, 0.3) is 11.5 Å². The molecule has 2 aliphatic rings. The summed E-state index contributed by atoms with van der Waals surface area (Å²) in [7, 11) is 0. The smallest absolute Gasteiger partial charge is 0.260 e. The van der Waals surface area contributed by atoms with E-state index >= 15 is 0 Å². The molecule has 4 rings (SSSR count). The first-order chi connectivity index (χ1) is 11.7. The van der Waals surface area contributed by atoms with Crippen LogP contribution in [-0.4, -0.2) is 38.4 Å². The molecule has 1 saturated carbocycles. The van der Waals surface area contributed by atoms with Crippen molar-refractivity contribution in [3.63, 3.8) is 0 Å². The molecule has 6 heteroatoms. The Morgan fingerprint density at radius 1 is 1.25 bits per heavy atom. The van der Waals surface area contributed by atoms with Crippen molar-refractivity contribution in [2.75, 3.05) is 13.1 Å². The zero-order valence-corrected chi connectivity index (χ0v) is 13.6. The number of hydrogen-bond donors (Lipinski definition) is 1. The molecule has 1 aliphatic heterocycles. The van der Waals surface area contributed by atoms with E-state index in [-0.39, 0.29) is 17.0 Å². The summed E-state index contributed by atoms with van der Waals surface area (Å²) in [5.74, 6) is 2.21. The minimum atomic E-state index is -0.315. The largest absolute Gasteiger partial charge is 0.338 e. The van der Waals surface area contributed by atoms with Gasteiger partial charge in [0.15, 0.2) is 0 Å². The molecule has 126 valence electrons. The van der Waals surface area contributed by atoms with Gasteiger partial charge in [-0.15, -0.1) is 0 Å². The quantitative estimate of drug-likeness (QED) is 0.934. The number of amides is 1. The van der Waals surface area contributed by atoms with E-state index < -0.39 is 0 Å². The molecule has 1 amide bonds. The number of imidazole rings is 1. The van der Waals surface area contributed by atoms with Crippen LogP contribution in [0, 0.1) is 5.92 Å². The van der Waals surface area contributed by atoms with E-state index in [1.54, 1.807) is 23.2 Å². The number of piperidine rings is 1. The Balaban J connectivity index is 1.42. The average molecular weight is 326 g/mol. The van der Waals surface area contributed by atoms with Crippen LogP contribution in [0.15, 0.2) is 35.5 Å². The summed E-state index contributed by atoms with van der Waals surface area (Å²) in [5, 5.41) is 0. The van der Waals surface area contributed by atoms with Crippen LogP contribution in [0.1, 0.15) is 47.8 Å². The predicted octanol–water partition coefficient (Wildman–Crippen LogP) is 2.00. The first-order valence-electron chi connectivity index (χ1n) is 8.70. The lowest BCUT2D eigenvalue weighted by molar-refractivity contribution is 0.0708. The van der Waals surface area contributed by atoms with E-state index in [2.05, 4.69) is 20.7 Å². The molecule has 6 nitrogen and oxygen atoms in total. The van der Waals surface area contributed by atoms with Gasteiger partial charge in [0.2, 0.25) is 0 Å². The van der Waals surface area contributed by atoms with E-state index in [4.69, 9.17) is 0 Å². The lowest BCUT2D eigenvalue weighted by Gasteiger charge is -2.31. The molecule has 3 heterocycles. The Hall–Kier alpha value is -2.37. The van der Waals surface area contributed by atoms with E-state index in [9.17, 15) is 9.59 Å². The summed E-state index contributed by atoms with van der Waals surface area (Å²) in [6.07, 6.45) is 9.97. The van der Waals surface area contributed by atoms with Crippen LogP contribution in [0.5, 0.6) is 0 Å². The number of rotatable bonds is 4. The molecule has 0 aromatic carbocycles. The monoisotopic (exact) mass is 326 g/mol. The summed E-state index contributed by atoms with van der Waals surface area (Å²) in [5.41, 5.74) is -0.0872. The van der Waals surface area contributed by atoms with Crippen molar-refractivity contribution in [1.82, 2.24) is 19.4 Å². The molecule has 0 bridgehead atoms. The fourth-order valence-electron chi connectivity index (χ4n) is 3.51. The molecule has 0 radical (unpaired) electrons. The van der Waals surface area contributed by atoms with Crippen LogP contribution in [0.25, 0.3) is 0 Å². The van der Waals surface area contributed by atoms with Crippen LogP contribution in [-0.2, 0) is 6.54 Å². The first kappa shape index (κ1) is 15.2. The van der Waals surface area contributed by atoms with Gasteiger partial charge in [-0.2, -0.15) is 0 Å². The predicted molar refractivity (Wildman–Crippen MR) is 89.9 cm³/mol. The average Bonchev–Trinajstić information content (AvgIpc) is 3.30. The second-order valence-corrected chi connectivity index (χ2v) is 6.86. The van der Waals surface area contributed by atoms with Gasteiger partial charge < -0.3 is 14.5 Å². The highest BCUT2D eigenvalue weighted by atomic mass is 16.2. The van der Waals surface area contributed by atoms with Gasteiger partial charge in [-0.05, 0) is 43.7 Å². The highest BCUT2D eigenvalue weighted by molar-refractivity contribution is 5.93. The number of likely N-dealkylation sites (tertiary alicyclic amines) is 1. The number of hydrogen-bond acceptors (Lipinski definition) is 3. The molecule has 1 aliphatic carbocycles. The van der Waals surface area contributed by atoms with Gasteiger partial charge in [0, 0.05) is 44.1 Å². The molecule has 1 N–H and O–H groups in total. The van der Waals surface area contributed by atoms with Crippen molar-refractivity contribution >= 4 is 5.91 Å². The summed E-state index contributed by atoms with van der Waals surface area (Å²) >= 11 is 0. The number of pyridine rings is 1. The summed E-state index contributed by atoms with van der Waals surface area (Å²) in [6, 6.07) is 3.28. The van der Waals surface area contributed by atoms with Gasteiger partial charge in [-0.3, -0.25) is 9.59 Å². The topological polar surface area (TPSA) is 71.0 Å². The number of carbonyl (C=O) groups excluding carboxylic acids is 1. The first-order valence-corrected chi connectivity index (χ1v) is 8.70. The fraction of sp³-hybridized carbons (Fsp3) is 0.500. The molecular formula is C18H22N4O2. The van der Waals surface area contributed by atoms with Crippen LogP contribution in [0.4, 0.5) is 0 Å². The van der Waals surface area contributed by atoms with Crippen molar-refractivity contribution in [3.8, 4) is 0 Å². The van der Waals surface area contributed by atoms with Crippen LogP contribution in [0.2, 0.25) is 0 Å². The molecule has 0 atom stereocenters. The maximum Gasteiger partial charge on any atom is 0.260 e. The van der Waals surface area contributed by atoms with E-state index in [0.29, 0.717) is 19.0 Å². The van der Waals surface area contributed by atoms with Gasteiger partial charge in [0.05, 0.1) is 0 Å². The zero-order valence-electron chi connectivity index (χ0n) is 13.6. The van der Waals surface area contributed by atoms with Gasteiger partial charge in [0.1, 0.15) is 11.4 Å². The van der Waals surface area contributed by atoms with Crippen LogP contribution >= 0.6 is 0 Å².